The zero-order valence-corrected chi connectivity index (χ0v) is 44.6. The summed E-state index contributed by atoms with van der Waals surface area (Å²) < 4.78 is 0. The standard InChI is InChI=1S/C62H82N6O8/c1-36(2)10-5-11-37(3)12-6-16-43(35-69)49-32-44-17-9-26-61(76)27-25-47-38(4)53(72)31-42-15-8-18-48-55(42)56(59(75)68-58(48)63)66-34-54(73)50(51(33-67-60(64)65)41-19-21-45(70)22-20-41)30-40-14-7-13-39(28-40)29-46(71)23-24-52(47)62(44,61)57(49)74/h6-8,10,12-16,18-22,28,44,46,49-52,54,56-58,66,69-71,73-74,76H,3,5,9,11,17,23-27,29-35,63H2,1-2,4H3,(H,68,75)(H4,64,65,67)/b12-6+,43-16-,47-38+/t44-,46+,49+,50+,51+,52+,54-,56-,57+,58-,61+,62+/m0/s1. The highest BCUT2D eigenvalue weighted by Crippen LogP contribution is 2.69. The molecule has 14 nitrogen and oxygen atoms in total. The van der Waals surface area contributed by atoms with Crippen LogP contribution < -0.4 is 27.8 Å². The first-order valence-electron chi connectivity index (χ1n) is 27.5. The third kappa shape index (κ3) is 11.9. The number of hydrogen-bond acceptors (Lipinski definition) is 11. The fraction of sp³-hybridized carbons (Fsp3) is 0.500. The number of benzene rings is 3. The van der Waals surface area contributed by atoms with E-state index in [-0.39, 0.29) is 49.5 Å². The summed E-state index contributed by atoms with van der Waals surface area (Å²) in [7, 11) is 0. The second-order valence-corrected chi connectivity index (χ2v) is 22.8. The molecule has 2 aliphatic heterocycles. The average molecular weight is 1040 g/mol. The molecule has 3 aromatic carbocycles. The van der Waals surface area contributed by atoms with Crippen LogP contribution >= 0.6 is 0 Å². The second kappa shape index (κ2) is 24.3. The van der Waals surface area contributed by atoms with Crippen molar-refractivity contribution >= 4 is 17.6 Å². The highest BCUT2D eigenvalue weighted by molar-refractivity contribution is 5.98. The monoisotopic (exact) mass is 1040 g/mol. The number of aliphatic imine (C=N–C) groups is 1. The van der Waals surface area contributed by atoms with E-state index in [9.17, 15) is 35.4 Å². The van der Waals surface area contributed by atoms with Gasteiger partial charge in [0.15, 0.2) is 11.7 Å². The number of nitrogens with zero attached hydrogens (tertiary/aromatic N) is 1. The van der Waals surface area contributed by atoms with Crippen molar-refractivity contribution in [1.29, 1.82) is 0 Å². The first kappa shape index (κ1) is 56.5. The van der Waals surface area contributed by atoms with Gasteiger partial charge < -0.3 is 53.2 Å². The van der Waals surface area contributed by atoms with Crippen molar-refractivity contribution in [2.45, 2.75) is 146 Å². The van der Waals surface area contributed by atoms with Crippen molar-refractivity contribution < 1.29 is 40.2 Å². The summed E-state index contributed by atoms with van der Waals surface area (Å²) in [5, 5.41) is 78.5. The molecule has 2 bridgehead atoms. The number of nitrogens with two attached hydrogens (primary N) is 3. The molecule has 0 aromatic heterocycles. The minimum Gasteiger partial charge on any atom is -0.508 e. The number of carbonyl (C=O) groups excluding carboxylic acids is 2. The average Bonchev–Trinajstić information content (AvgIpc) is 3.68. The van der Waals surface area contributed by atoms with Gasteiger partial charge >= 0.3 is 0 Å². The number of allylic oxidation sites excluding steroid dienone is 8. The zero-order chi connectivity index (χ0) is 54.5. The van der Waals surface area contributed by atoms with Gasteiger partial charge in [0, 0.05) is 36.8 Å². The summed E-state index contributed by atoms with van der Waals surface area (Å²) >= 11 is 0. The van der Waals surface area contributed by atoms with E-state index in [1.54, 1.807) is 24.3 Å². The minimum atomic E-state index is -1.27. The van der Waals surface area contributed by atoms with Crippen LogP contribution in [0.25, 0.3) is 0 Å². The Hall–Kier alpha value is -5.71. The third-order valence-electron chi connectivity index (χ3n) is 17.9. The molecule has 5 aliphatic rings. The fourth-order valence-corrected chi connectivity index (χ4v) is 14.3. The molecule has 408 valence electrons. The van der Waals surface area contributed by atoms with Gasteiger partial charge in [-0.25, -0.2) is 0 Å². The lowest BCUT2D eigenvalue weighted by Gasteiger charge is -2.61. The molecule has 1 amide bonds. The number of carbonyl (C=O) groups is 2. The number of guanidine groups is 1. The van der Waals surface area contributed by atoms with Crippen LogP contribution in [0.2, 0.25) is 0 Å². The van der Waals surface area contributed by atoms with Gasteiger partial charge in [-0.15, -0.1) is 0 Å². The van der Waals surface area contributed by atoms with Gasteiger partial charge in [0.25, 0.3) is 0 Å². The Morgan fingerprint density at radius 3 is 2.43 bits per heavy atom. The van der Waals surface area contributed by atoms with Crippen LogP contribution in [0.15, 0.2) is 130 Å². The van der Waals surface area contributed by atoms with E-state index in [2.05, 4.69) is 42.1 Å². The number of phenols is 1. The summed E-state index contributed by atoms with van der Waals surface area (Å²) in [5.41, 5.74) is 24.7. The third-order valence-corrected chi connectivity index (χ3v) is 17.9. The number of aromatic hydroxyl groups is 1. The molecule has 1 spiro atoms. The maximum absolute atomic E-state index is 15.2. The number of aliphatic hydroxyl groups is 5. The SMILES string of the molecule is C=C(/C=C/C=C(/CO)[C@H]1C[C@@H]2CCC[C@@]3(O)CC/C4=C(/C)C(=O)Cc5cccc6c5[C@H](NC[C@H](O)[C@@H]([C@H](CN=C(N)N)c5ccc(O)cc5)Cc5cccc(c5)C[C@H](O)CC[C@H]4[C@@]23[C@@H]1O)C(=O)N[C@@H]6N)CCC=C(C)C. The molecule has 0 radical (unpaired) electrons. The summed E-state index contributed by atoms with van der Waals surface area (Å²) in [6.45, 7) is 10.0. The van der Waals surface area contributed by atoms with Gasteiger partial charge in [0.2, 0.25) is 5.91 Å². The van der Waals surface area contributed by atoms with Crippen molar-refractivity contribution in [1.82, 2.24) is 10.6 Å². The maximum atomic E-state index is 15.2. The molecule has 76 heavy (non-hydrogen) atoms. The van der Waals surface area contributed by atoms with E-state index in [1.165, 1.54) is 5.57 Å². The number of rotatable bonds is 11. The van der Waals surface area contributed by atoms with E-state index >= 15 is 4.79 Å². The molecule has 14 N–H and O–H groups in total. The number of amides is 1. The number of aliphatic hydroxyl groups excluding tert-OH is 4. The lowest BCUT2D eigenvalue weighted by Crippen LogP contribution is -2.65. The molecular formula is C62H82N6O8. The number of Topliss-reactive ketones (excluding diaryl/α,β-unsaturated/α-hetero) is 1. The highest BCUT2D eigenvalue weighted by atomic mass is 16.3. The minimum absolute atomic E-state index is 0.0515. The fourth-order valence-electron chi connectivity index (χ4n) is 14.3. The number of β-amino-alcohol motifs (C(OH)–C–C–N with tert-alkyl or cyclic N) is 1. The van der Waals surface area contributed by atoms with Crippen LogP contribution in [0.4, 0.5) is 0 Å². The van der Waals surface area contributed by atoms with E-state index in [4.69, 9.17) is 17.2 Å². The van der Waals surface area contributed by atoms with Crippen LogP contribution in [0.5, 0.6) is 5.75 Å². The number of ketones is 1. The molecule has 3 saturated carbocycles. The normalized spacial score (nSPS) is 31.7. The Morgan fingerprint density at radius 2 is 1.71 bits per heavy atom. The lowest BCUT2D eigenvalue weighted by atomic mass is 9.45. The maximum Gasteiger partial charge on any atom is 0.243 e. The lowest BCUT2D eigenvalue weighted by molar-refractivity contribution is -0.216. The number of nitrogens with one attached hydrogen (secondary N) is 2. The molecule has 2 heterocycles. The van der Waals surface area contributed by atoms with E-state index in [0.717, 1.165) is 53.5 Å². The smallest absolute Gasteiger partial charge is 0.243 e. The molecular weight excluding hydrogens is 957 g/mol. The Bertz CT molecular complexity index is 2760. The van der Waals surface area contributed by atoms with Gasteiger partial charge in [-0.1, -0.05) is 109 Å². The van der Waals surface area contributed by atoms with Crippen molar-refractivity contribution in [2.75, 3.05) is 19.7 Å². The summed E-state index contributed by atoms with van der Waals surface area (Å²) in [5.74, 6) is -2.71. The largest absolute Gasteiger partial charge is 0.508 e. The predicted octanol–water partition coefficient (Wildman–Crippen LogP) is 6.60. The predicted molar refractivity (Wildman–Crippen MR) is 297 cm³/mol. The molecule has 0 saturated heterocycles. The molecule has 8 rings (SSSR count). The van der Waals surface area contributed by atoms with Crippen molar-refractivity contribution in [3.63, 3.8) is 0 Å². The number of fused-ring (bicyclic) bond motifs is 3. The molecule has 3 fully saturated rings. The quantitative estimate of drug-likeness (QED) is 0.0420. The summed E-state index contributed by atoms with van der Waals surface area (Å²) in [4.78, 5) is 33.7. The first-order valence-corrected chi connectivity index (χ1v) is 27.5. The van der Waals surface area contributed by atoms with Gasteiger partial charge in [-0.2, -0.15) is 0 Å². The highest BCUT2D eigenvalue weighted by Gasteiger charge is 2.70. The molecule has 3 aromatic rings. The van der Waals surface area contributed by atoms with E-state index in [0.29, 0.717) is 79.2 Å². The van der Waals surface area contributed by atoms with Crippen LogP contribution in [-0.4, -0.2) is 91.9 Å². The van der Waals surface area contributed by atoms with Gasteiger partial charge in [0.05, 0.1) is 30.5 Å². The van der Waals surface area contributed by atoms with Crippen LogP contribution in [-0.2, 0) is 28.9 Å². The summed E-state index contributed by atoms with van der Waals surface area (Å²) in [6, 6.07) is 19.2. The van der Waals surface area contributed by atoms with Gasteiger partial charge in [-0.3, -0.25) is 19.9 Å². The molecule has 0 unspecified atom stereocenters. The van der Waals surface area contributed by atoms with Crippen LogP contribution in [0, 0.1) is 29.1 Å². The van der Waals surface area contributed by atoms with E-state index in [1.807, 2.05) is 67.6 Å². The van der Waals surface area contributed by atoms with Crippen molar-refractivity contribution in [3.8, 4) is 5.75 Å². The number of hydrogen-bond donors (Lipinski definition) is 11. The van der Waals surface area contributed by atoms with Gasteiger partial charge in [0.1, 0.15) is 18.0 Å². The Labute approximate surface area is 448 Å². The summed E-state index contributed by atoms with van der Waals surface area (Å²) in [6.07, 6.45) is 10.4. The van der Waals surface area contributed by atoms with Crippen molar-refractivity contribution in [2.24, 2.45) is 51.3 Å². The van der Waals surface area contributed by atoms with Crippen LogP contribution in [0.1, 0.15) is 136 Å². The molecule has 14 heteroatoms. The van der Waals surface area contributed by atoms with Crippen molar-refractivity contribution in [3.05, 3.63) is 159 Å². The first-order chi connectivity index (χ1) is 36.3. The second-order valence-electron chi connectivity index (χ2n) is 22.8. The Balaban J connectivity index is 1.22. The topological polar surface area (TPSA) is 270 Å². The molecule has 3 aliphatic carbocycles. The van der Waals surface area contributed by atoms with Gasteiger partial charge in [-0.05, 0) is 166 Å². The Kier molecular flexibility index (Phi) is 18.1. The zero-order valence-electron chi connectivity index (χ0n) is 44.6. The molecule has 12 atom stereocenters. The Morgan fingerprint density at radius 1 is 0.974 bits per heavy atom. The van der Waals surface area contributed by atoms with Crippen LogP contribution in [0.3, 0.4) is 0 Å². The van der Waals surface area contributed by atoms with E-state index < -0.39 is 71.1 Å². The number of phenolic OH excluding ortho intramolecular Hbond substituents is 1.